The minimum Gasteiger partial charge on any atom is -0.454 e. The average Bonchev–Trinajstić information content (AvgIpc) is 3.15. The summed E-state index contributed by atoms with van der Waals surface area (Å²) in [6, 6.07) is 5.25. The Morgan fingerprint density at radius 3 is 2.73 bits per heavy atom. The molecule has 0 saturated heterocycles. The van der Waals surface area contributed by atoms with Gasteiger partial charge in [-0.25, -0.2) is 4.79 Å². The molecular weight excluding hydrogens is 402 g/mol. The van der Waals surface area contributed by atoms with E-state index >= 15 is 0 Å². The molecule has 0 bridgehead atoms. The lowest BCUT2D eigenvalue weighted by Crippen LogP contribution is -2.14. The van der Waals surface area contributed by atoms with Crippen molar-refractivity contribution in [3.05, 3.63) is 51.7 Å². The predicted molar refractivity (Wildman–Crippen MR) is 101 cm³/mol. The Morgan fingerprint density at radius 1 is 1.31 bits per heavy atom. The van der Waals surface area contributed by atoms with Gasteiger partial charge in [-0.05, 0) is 60.5 Å². The number of halogens is 1. The second-order valence-electron chi connectivity index (χ2n) is 5.79. The number of Topliss-reactive ketones (excluding diaryl/α,β-unsaturated/α-hetero) is 1. The van der Waals surface area contributed by atoms with E-state index in [0.29, 0.717) is 22.6 Å². The number of furan rings is 1. The molecule has 0 amide bonds. The van der Waals surface area contributed by atoms with E-state index in [9.17, 15) is 9.59 Å². The summed E-state index contributed by atoms with van der Waals surface area (Å²) in [7, 11) is 1.66. The fraction of sp³-hybridized carbons (Fsp3) is 0.368. The van der Waals surface area contributed by atoms with Crippen molar-refractivity contribution < 1.29 is 23.5 Å². The Kier molecular flexibility index (Phi) is 7.41. The molecular formula is C19H22BrNO5. The Bertz CT molecular complexity index is 803. The number of hydrogen-bond acceptors (Lipinski definition) is 5. The first-order valence-corrected chi connectivity index (χ1v) is 9.00. The number of nitrogens with zero attached hydrogens (tertiary/aromatic N) is 1. The molecule has 0 aliphatic rings. The minimum absolute atomic E-state index is 0.224. The number of aromatic nitrogens is 1. The maximum Gasteiger partial charge on any atom is 0.331 e. The van der Waals surface area contributed by atoms with Crippen LogP contribution in [-0.2, 0) is 20.8 Å². The Balaban J connectivity index is 1.92. The summed E-state index contributed by atoms with van der Waals surface area (Å²) < 4.78 is 18.0. The molecule has 2 rings (SSSR count). The van der Waals surface area contributed by atoms with Gasteiger partial charge in [0.15, 0.2) is 11.3 Å². The van der Waals surface area contributed by atoms with Gasteiger partial charge in [0.25, 0.3) is 0 Å². The fourth-order valence-corrected chi connectivity index (χ4v) is 2.94. The third-order valence-corrected chi connectivity index (χ3v) is 4.35. The first-order chi connectivity index (χ1) is 12.4. The Labute approximate surface area is 160 Å². The largest absolute Gasteiger partial charge is 0.454 e. The molecule has 0 radical (unpaired) electrons. The lowest BCUT2D eigenvalue weighted by molar-refractivity contribution is -0.136. The van der Waals surface area contributed by atoms with Crippen molar-refractivity contribution in [2.75, 3.05) is 20.3 Å². The molecule has 2 aromatic rings. The average molecular weight is 424 g/mol. The number of ketones is 1. The van der Waals surface area contributed by atoms with Gasteiger partial charge in [-0.1, -0.05) is 0 Å². The first-order valence-electron chi connectivity index (χ1n) is 8.21. The normalized spacial score (nSPS) is 11.2. The molecule has 6 nitrogen and oxygen atoms in total. The zero-order valence-corrected chi connectivity index (χ0v) is 16.7. The van der Waals surface area contributed by atoms with E-state index in [2.05, 4.69) is 20.5 Å². The van der Waals surface area contributed by atoms with Crippen molar-refractivity contribution in [3.8, 4) is 0 Å². The van der Waals surface area contributed by atoms with Crippen LogP contribution in [0.1, 0.15) is 33.9 Å². The standard InChI is InChI=1S/C19H22BrNO5/c1-13-11-16(14(2)21(13)9-4-10-24-3)17(22)12-25-19(23)8-6-15-5-7-18(20)26-15/h5-8,11H,4,9-10,12H2,1-3H3/b8-6+. The van der Waals surface area contributed by atoms with E-state index < -0.39 is 5.97 Å². The zero-order chi connectivity index (χ0) is 19.1. The van der Waals surface area contributed by atoms with Gasteiger partial charge in [0.1, 0.15) is 5.76 Å². The second-order valence-corrected chi connectivity index (χ2v) is 6.57. The highest BCUT2D eigenvalue weighted by molar-refractivity contribution is 9.10. The molecule has 2 heterocycles. The highest BCUT2D eigenvalue weighted by atomic mass is 79.9. The molecule has 7 heteroatoms. The van der Waals surface area contributed by atoms with Crippen LogP contribution in [0.2, 0.25) is 0 Å². The monoisotopic (exact) mass is 423 g/mol. The number of hydrogen-bond donors (Lipinski definition) is 0. The van der Waals surface area contributed by atoms with Crippen LogP contribution in [-0.4, -0.2) is 36.6 Å². The lowest BCUT2D eigenvalue weighted by Gasteiger charge is -2.09. The topological polar surface area (TPSA) is 70.7 Å². The van der Waals surface area contributed by atoms with E-state index in [1.807, 2.05) is 19.9 Å². The number of methoxy groups -OCH3 is 1. The van der Waals surface area contributed by atoms with Crippen molar-refractivity contribution in [2.24, 2.45) is 0 Å². The number of aryl methyl sites for hydroxylation is 1. The van der Waals surface area contributed by atoms with Gasteiger partial charge >= 0.3 is 5.97 Å². The van der Waals surface area contributed by atoms with Crippen molar-refractivity contribution in [1.29, 1.82) is 0 Å². The van der Waals surface area contributed by atoms with Crippen molar-refractivity contribution in [1.82, 2.24) is 4.57 Å². The van der Waals surface area contributed by atoms with E-state index in [1.165, 1.54) is 12.2 Å². The highest BCUT2D eigenvalue weighted by Crippen LogP contribution is 2.17. The predicted octanol–water partition coefficient (Wildman–Crippen LogP) is 3.94. The third-order valence-electron chi connectivity index (χ3n) is 3.93. The summed E-state index contributed by atoms with van der Waals surface area (Å²) in [5.41, 5.74) is 2.44. The van der Waals surface area contributed by atoms with Gasteiger partial charge in [-0.2, -0.15) is 0 Å². The maximum atomic E-state index is 12.4. The molecule has 0 N–H and O–H groups in total. The molecule has 0 aromatic carbocycles. The van der Waals surface area contributed by atoms with E-state index in [-0.39, 0.29) is 12.4 Å². The first kappa shape index (κ1) is 20.2. The van der Waals surface area contributed by atoms with E-state index in [4.69, 9.17) is 13.9 Å². The summed E-state index contributed by atoms with van der Waals surface area (Å²) in [4.78, 5) is 24.1. The number of carbonyl (C=O) groups excluding carboxylic acids is 2. The Morgan fingerprint density at radius 2 is 2.08 bits per heavy atom. The molecule has 26 heavy (non-hydrogen) atoms. The van der Waals surface area contributed by atoms with Crippen molar-refractivity contribution in [2.45, 2.75) is 26.8 Å². The van der Waals surface area contributed by atoms with Gasteiger partial charge in [0.05, 0.1) is 0 Å². The maximum absolute atomic E-state index is 12.4. The molecule has 2 aromatic heterocycles. The van der Waals surface area contributed by atoms with Crippen molar-refractivity contribution >= 4 is 33.8 Å². The number of esters is 1. The summed E-state index contributed by atoms with van der Waals surface area (Å²) in [6.45, 7) is 4.99. The smallest absolute Gasteiger partial charge is 0.331 e. The molecule has 0 fully saturated rings. The molecule has 0 aliphatic carbocycles. The number of carbonyl (C=O) groups is 2. The van der Waals surface area contributed by atoms with Crippen LogP contribution >= 0.6 is 15.9 Å². The van der Waals surface area contributed by atoms with Crippen LogP contribution in [0.15, 0.2) is 33.4 Å². The molecule has 140 valence electrons. The van der Waals surface area contributed by atoms with Crippen LogP contribution in [0.4, 0.5) is 0 Å². The molecule has 0 aliphatic heterocycles. The second kappa shape index (κ2) is 9.54. The molecule has 0 unspecified atom stereocenters. The van der Waals surface area contributed by atoms with Crippen LogP contribution < -0.4 is 0 Å². The van der Waals surface area contributed by atoms with Gasteiger partial charge in [-0.3, -0.25) is 4.79 Å². The number of rotatable bonds is 9. The van der Waals surface area contributed by atoms with Gasteiger partial charge < -0.3 is 18.5 Å². The minimum atomic E-state index is -0.597. The molecule has 0 spiro atoms. The van der Waals surface area contributed by atoms with Gasteiger partial charge in [-0.15, -0.1) is 0 Å². The van der Waals surface area contributed by atoms with Crippen LogP contribution in [0, 0.1) is 13.8 Å². The highest BCUT2D eigenvalue weighted by Gasteiger charge is 2.16. The third kappa shape index (κ3) is 5.44. The molecule has 0 saturated carbocycles. The van der Waals surface area contributed by atoms with Crippen LogP contribution in [0.5, 0.6) is 0 Å². The van der Waals surface area contributed by atoms with E-state index in [1.54, 1.807) is 19.2 Å². The summed E-state index contributed by atoms with van der Waals surface area (Å²) in [6.07, 6.45) is 3.58. The van der Waals surface area contributed by atoms with Crippen LogP contribution in [0.25, 0.3) is 6.08 Å². The van der Waals surface area contributed by atoms with Gasteiger partial charge in [0, 0.05) is 43.3 Å². The zero-order valence-electron chi connectivity index (χ0n) is 15.1. The van der Waals surface area contributed by atoms with Gasteiger partial charge in [0.2, 0.25) is 5.78 Å². The summed E-state index contributed by atoms with van der Waals surface area (Å²) in [5, 5.41) is 0. The quantitative estimate of drug-likeness (QED) is 0.264. The van der Waals surface area contributed by atoms with E-state index in [0.717, 1.165) is 24.4 Å². The molecule has 0 atom stereocenters. The number of ether oxygens (including phenoxy) is 2. The lowest BCUT2D eigenvalue weighted by atomic mass is 10.1. The van der Waals surface area contributed by atoms with Crippen LogP contribution in [0.3, 0.4) is 0 Å². The Hall–Kier alpha value is -2.12. The fourth-order valence-electron chi connectivity index (χ4n) is 2.63. The summed E-state index contributed by atoms with van der Waals surface area (Å²) in [5.74, 6) is -0.307. The van der Waals surface area contributed by atoms with Crippen molar-refractivity contribution in [3.63, 3.8) is 0 Å². The SMILES string of the molecule is COCCCn1c(C)cc(C(=O)COC(=O)/C=C/c2ccc(Br)o2)c1C. The summed E-state index contributed by atoms with van der Waals surface area (Å²) >= 11 is 3.18.